The fourth-order valence-corrected chi connectivity index (χ4v) is 5.35. The number of carboxylic acids is 1. The second-order valence-corrected chi connectivity index (χ2v) is 12.5. The molecule has 1 aliphatic carbocycles. The van der Waals surface area contributed by atoms with Crippen LogP contribution in [-0.2, 0) is 14.3 Å². The summed E-state index contributed by atoms with van der Waals surface area (Å²) < 4.78 is 5.84. The topological polar surface area (TPSA) is 136 Å². The van der Waals surface area contributed by atoms with Crippen molar-refractivity contribution >= 4 is 11.9 Å². The van der Waals surface area contributed by atoms with E-state index in [1.807, 2.05) is 20.8 Å². The van der Waals surface area contributed by atoms with Gasteiger partial charge in [-0.2, -0.15) is 0 Å². The van der Waals surface area contributed by atoms with Gasteiger partial charge >= 0.3 is 5.97 Å². The molecule has 1 aliphatic rings. The number of hydrogen-bond acceptors (Lipinski definition) is 6. The van der Waals surface area contributed by atoms with Crippen molar-refractivity contribution in [1.82, 2.24) is 5.32 Å². The van der Waals surface area contributed by atoms with Gasteiger partial charge in [0.1, 0.15) is 12.2 Å². The van der Waals surface area contributed by atoms with E-state index in [1.165, 1.54) is 44.9 Å². The van der Waals surface area contributed by atoms with Gasteiger partial charge in [0.15, 0.2) is 0 Å². The molecule has 0 heterocycles. The third kappa shape index (κ3) is 16.0. The van der Waals surface area contributed by atoms with Crippen LogP contribution in [0.5, 0.6) is 0 Å². The van der Waals surface area contributed by atoms with Crippen molar-refractivity contribution in [2.45, 2.75) is 156 Å². The number of aliphatic carboxylic acids is 1. The highest BCUT2D eigenvalue weighted by Crippen LogP contribution is 2.29. The summed E-state index contributed by atoms with van der Waals surface area (Å²) in [6.45, 7) is 9.13. The Morgan fingerprint density at radius 3 is 1.95 bits per heavy atom. The van der Waals surface area contributed by atoms with Crippen molar-refractivity contribution in [3.05, 3.63) is 0 Å². The summed E-state index contributed by atoms with van der Waals surface area (Å²) in [5.41, 5.74) is -0.0635. The number of carbonyl (C=O) groups excluding carboxylic acids is 1. The van der Waals surface area contributed by atoms with Gasteiger partial charge in [-0.25, -0.2) is 0 Å². The molecule has 5 N–H and O–H groups in total. The minimum absolute atomic E-state index is 0. The van der Waals surface area contributed by atoms with E-state index < -0.39 is 42.2 Å². The van der Waals surface area contributed by atoms with Crippen molar-refractivity contribution in [2.24, 2.45) is 17.3 Å². The molecular formula is C31H61NO7. The molecule has 8 nitrogen and oxygen atoms in total. The first kappa shape index (κ1) is 37.8. The van der Waals surface area contributed by atoms with Crippen LogP contribution in [0.1, 0.15) is 131 Å². The standard InChI is InChI=1S/C30H57NO7.CH4/c1-5-6-7-8-9-10-11-12-13-16-19-38-24-20-23(25(32)27(34)26(24)33)28(35)31-18-15-14-17-22(29(36)37)21-30(2,3)4;/h22-27,32-34H,5-21H2,1-4H3,(H,31,35)(H,36,37);1H4/t22-,23+,24-,25-,26+,27+;/m1./s1. The molecule has 0 aliphatic heterocycles. The quantitative estimate of drug-likeness (QED) is 0.125. The second kappa shape index (κ2) is 20.6. The predicted molar refractivity (Wildman–Crippen MR) is 157 cm³/mol. The van der Waals surface area contributed by atoms with Gasteiger partial charge in [0.25, 0.3) is 0 Å². The largest absolute Gasteiger partial charge is 0.481 e. The van der Waals surface area contributed by atoms with E-state index in [-0.39, 0.29) is 25.2 Å². The number of amides is 1. The summed E-state index contributed by atoms with van der Waals surface area (Å²) in [5, 5.41) is 43.4. The van der Waals surface area contributed by atoms with Crippen LogP contribution in [0, 0.1) is 17.3 Å². The second-order valence-electron chi connectivity index (χ2n) is 12.5. The molecule has 1 saturated carbocycles. The number of aliphatic hydroxyl groups excluding tert-OH is 3. The molecule has 1 fully saturated rings. The summed E-state index contributed by atoms with van der Waals surface area (Å²) in [6.07, 6.45) is 9.98. The van der Waals surface area contributed by atoms with Crippen LogP contribution >= 0.6 is 0 Å². The molecule has 6 atom stereocenters. The Balaban J connectivity index is 0.0000144. The first-order valence-electron chi connectivity index (χ1n) is 15.1. The van der Waals surface area contributed by atoms with Crippen molar-refractivity contribution < 1.29 is 34.8 Å². The van der Waals surface area contributed by atoms with Crippen molar-refractivity contribution in [2.75, 3.05) is 13.2 Å². The SMILES string of the molecule is C.CCCCCCCCCCCCO[C@@H]1C[C@H](C(=O)NCCCC[C@H](CC(C)(C)C)C(=O)O)[C@@H](O)[C@H](O)[C@H]1O. The fourth-order valence-electron chi connectivity index (χ4n) is 5.35. The van der Waals surface area contributed by atoms with Crippen molar-refractivity contribution in [3.63, 3.8) is 0 Å². The molecule has 0 bridgehead atoms. The minimum atomic E-state index is -1.44. The van der Waals surface area contributed by atoms with Gasteiger partial charge in [0.2, 0.25) is 5.91 Å². The van der Waals surface area contributed by atoms with Gasteiger partial charge in [-0.1, -0.05) is 99.3 Å². The molecule has 0 aromatic heterocycles. The van der Waals surface area contributed by atoms with E-state index in [1.54, 1.807) is 0 Å². The van der Waals surface area contributed by atoms with E-state index in [2.05, 4.69) is 12.2 Å². The molecular weight excluding hydrogens is 498 g/mol. The highest BCUT2D eigenvalue weighted by atomic mass is 16.5. The molecule has 232 valence electrons. The fraction of sp³-hybridized carbons (Fsp3) is 0.935. The lowest BCUT2D eigenvalue weighted by Crippen LogP contribution is -2.57. The van der Waals surface area contributed by atoms with E-state index in [4.69, 9.17) is 4.74 Å². The smallest absolute Gasteiger partial charge is 0.306 e. The summed E-state index contributed by atoms with van der Waals surface area (Å²) in [5.74, 6) is -2.43. The van der Waals surface area contributed by atoms with Gasteiger partial charge in [-0.15, -0.1) is 0 Å². The van der Waals surface area contributed by atoms with E-state index in [0.717, 1.165) is 19.3 Å². The van der Waals surface area contributed by atoms with Gasteiger partial charge in [-0.05, 0) is 37.5 Å². The predicted octanol–water partition coefficient (Wildman–Crippen LogP) is 5.45. The zero-order chi connectivity index (χ0) is 28.6. The van der Waals surface area contributed by atoms with Gasteiger partial charge < -0.3 is 30.5 Å². The van der Waals surface area contributed by atoms with Gasteiger partial charge in [0, 0.05) is 13.2 Å². The van der Waals surface area contributed by atoms with Crippen LogP contribution in [0.3, 0.4) is 0 Å². The van der Waals surface area contributed by atoms with Crippen LogP contribution in [-0.4, -0.2) is 69.9 Å². The number of ether oxygens (including phenoxy) is 1. The molecule has 0 radical (unpaired) electrons. The number of carbonyl (C=O) groups is 2. The maximum atomic E-state index is 12.7. The molecule has 0 spiro atoms. The first-order chi connectivity index (χ1) is 18.0. The zero-order valence-electron chi connectivity index (χ0n) is 24.5. The Hall–Kier alpha value is -1.22. The van der Waals surface area contributed by atoms with E-state index >= 15 is 0 Å². The van der Waals surface area contributed by atoms with Crippen LogP contribution < -0.4 is 5.32 Å². The van der Waals surface area contributed by atoms with Gasteiger partial charge in [0.05, 0.1) is 24.0 Å². The normalized spacial score (nSPS) is 24.1. The lowest BCUT2D eigenvalue weighted by Gasteiger charge is -2.39. The average Bonchev–Trinajstić information content (AvgIpc) is 2.85. The molecule has 0 aromatic rings. The van der Waals surface area contributed by atoms with Crippen LogP contribution in [0.25, 0.3) is 0 Å². The highest BCUT2D eigenvalue weighted by molar-refractivity contribution is 5.79. The monoisotopic (exact) mass is 559 g/mol. The number of nitrogens with one attached hydrogen (secondary N) is 1. The molecule has 0 aromatic carbocycles. The lowest BCUT2D eigenvalue weighted by atomic mass is 9.80. The van der Waals surface area contributed by atoms with Crippen LogP contribution in [0.15, 0.2) is 0 Å². The Morgan fingerprint density at radius 1 is 0.846 bits per heavy atom. The number of hydrogen-bond donors (Lipinski definition) is 5. The Bertz CT molecular complexity index is 651. The van der Waals surface area contributed by atoms with Crippen LogP contribution in [0.2, 0.25) is 0 Å². The molecule has 8 heteroatoms. The molecule has 0 unspecified atom stereocenters. The van der Waals surface area contributed by atoms with Crippen molar-refractivity contribution in [1.29, 1.82) is 0 Å². The first-order valence-corrected chi connectivity index (χ1v) is 15.1. The third-order valence-corrected chi connectivity index (χ3v) is 7.63. The number of unbranched alkanes of at least 4 members (excludes halogenated alkanes) is 10. The Morgan fingerprint density at radius 2 is 1.41 bits per heavy atom. The summed E-state index contributed by atoms with van der Waals surface area (Å²) in [6, 6.07) is 0. The van der Waals surface area contributed by atoms with Gasteiger partial charge in [-0.3, -0.25) is 9.59 Å². The Labute approximate surface area is 238 Å². The van der Waals surface area contributed by atoms with Crippen LogP contribution in [0.4, 0.5) is 0 Å². The number of aliphatic hydroxyl groups is 3. The number of rotatable bonds is 20. The maximum absolute atomic E-state index is 12.7. The Kier molecular flexibility index (Phi) is 20.0. The lowest BCUT2D eigenvalue weighted by molar-refractivity contribution is -0.179. The molecule has 39 heavy (non-hydrogen) atoms. The highest BCUT2D eigenvalue weighted by Gasteiger charge is 2.46. The van der Waals surface area contributed by atoms with E-state index in [0.29, 0.717) is 38.8 Å². The van der Waals surface area contributed by atoms with Crippen molar-refractivity contribution in [3.8, 4) is 0 Å². The molecule has 1 amide bonds. The summed E-state index contributed by atoms with van der Waals surface area (Å²) in [4.78, 5) is 24.3. The average molecular weight is 560 g/mol. The molecule has 1 rings (SSSR count). The summed E-state index contributed by atoms with van der Waals surface area (Å²) in [7, 11) is 0. The maximum Gasteiger partial charge on any atom is 0.306 e. The third-order valence-electron chi connectivity index (χ3n) is 7.63. The molecule has 0 saturated heterocycles. The van der Waals surface area contributed by atoms with E-state index in [9.17, 15) is 30.0 Å². The zero-order valence-corrected chi connectivity index (χ0v) is 24.5. The summed E-state index contributed by atoms with van der Waals surface area (Å²) >= 11 is 0. The minimum Gasteiger partial charge on any atom is -0.481 e. The number of carboxylic acid groups (broad SMARTS) is 1.